The van der Waals surface area contributed by atoms with Crippen molar-refractivity contribution >= 4 is 39.8 Å². The molecule has 7 heteroatoms. The minimum atomic E-state index is -0.414. The zero-order chi connectivity index (χ0) is 17.9. The lowest BCUT2D eigenvalue weighted by Gasteiger charge is -2.29. The van der Waals surface area contributed by atoms with E-state index in [1.54, 1.807) is 0 Å². The summed E-state index contributed by atoms with van der Waals surface area (Å²) in [6, 6.07) is 2.22. The average Bonchev–Trinajstić information content (AvgIpc) is 3.01. The third kappa shape index (κ3) is 2.53. The monoisotopic (exact) mass is 376 g/mol. The Morgan fingerprint density at radius 3 is 2.80 bits per heavy atom. The van der Waals surface area contributed by atoms with Crippen molar-refractivity contribution in [1.82, 2.24) is 0 Å². The molecule has 1 saturated heterocycles. The van der Waals surface area contributed by atoms with E-state index in [4.69, 9.17) is 16.3 Å². The van der Waals surface area contributed by atoms with Crippen molar-refractivity contribution in [2.24, 2.45) is 11.8 Å². The molecule has 0 radical (unpaired) electrons. The van der Waals surface area contributed by atoms with Gasteiger partial charge in [-0.05, 0) is 32.3 Å². The second kappa shape index (κ2) is 5.66. The van der Waals surface area contributed by atoms with E-state index in [0.717, 1.165) is 10.4 Å². The molecule has 0 spiro atoms. The van der Waals surface area contributed by atoms with Crippen molar-refractivity contribution in [2.45, 2.75) is 45.3 Å². The second-order valence-electron chi connectivity index (χ2n) is 7.34. The number of carbonyl (C=O) groups is 2. The molecule has 5 nitrogen and oxygen atoms in total. The molecule has 3 heterocycles. The first-order valence-electron chi connectivity index (χ1n) is 8.23. The number of carbonyl (C=O) groups excluding carboxylic acids is 2. The molecule has 130 valence electrons. The van der Waals surface area contributed by atoms with Crippen LogP contribution in [-0.2, 0) is 27.4 Å². The highest BCUT2D eigenvalue weighted by molar-refractivity contribution is 7.17. The Balaban J connectivity index is 1.77. The van der Waals surface area contributed by atoms with Crippen molar-refractivity contribution in [2.75, 3.05) is 4.90 Å². The number of amides is 2. The Morgan fingerprint density at radius 2 is 2.08 bits per heavy atom. The normalized spacial score (nSPS) is 27.6. The van der Waals surface area contributed by atoms with Crippen LogP contribution in [0.15, 0.2) is 11.1 Å². The standard InChI is InChI=1S/C18H17ClN2O3S/c1-18(2)6-12-13(7-20)17(25-14(12)8-24-18)21-15(22)10-4-3-9(19)5-11(10)16(21)23/h3,10-11H,4-6,8H2,1-2H3/t10-,11-/m0/s1. The second-order valence-corrected chi connectivity index (χ2v) is 8.91. The molecule has 25 heavy (non-hydrogen) atoms. The molecular formula is C18H17ClN2O3S. The summed E-state index contributed by atoms with van der Waals surface area (Å²) in [7, 11) is 0. The number of thiophene rings is 1. The number of fused-ring (bicyclic) bond motifs is 2. The molecule has 0 N–H and O–H groups in total. The Morgan fingerprint density at radius 1 is 1.36 bits per heavy atom. The predicted octanol–water partition coefficient (Wildman–Crippen LogP) is 3.49. The molecule has 2 aliphatic heterocycles. The van der Waals surface area contributed by atoms with Gasteiger partial charge >= 0.3 is 0 Å². The van der Waals surface area contributed by atoms with Crippen molar-refractivity contribution < 1.29 is 14.3 Å². The summed E-state index contributed by atoms with van der Waals surface area (Å²) in [5.41, 5.74) is 0.989. The molecule has 3 aliphatic rings. The first kappa shape index (κ1) is 16.8. The van der Waals surface area contributed by atoms with E-state index < -0.39 is 5.92 Å². The van der Waals surface area contributed by atoms with Gasteiger partial charge in [-0.25, -0.2) is 4.90 Å². The number of nitrogens with zero attached hydrogens (tertiary/aromatic N) is 2. The number of anilines is 1. The quantitative estimate of drug-likeness (QED) is 0.703. The van der Waals surface area contributed by atoms with E-state index in [1.165, 1.54) is 16.2 Å². The maximum atomic E-state index is 12.9. The zero-order valence-corrected chi connectivity index (χ0v) is 15.5. The molecule has 0 unspecified atom stereocenters. The highest BCUT2D eigenvalue weighted by atomic mass is 35.5. The largest absolute Gasteiger partial charge is 0.370 e. The third-order valence-corrected chi connectivity index (χ3v) is 6.65. The van der Waals surface area contributed by atoms with Crippen molar-refractivity contribution in [3.63, 3.8) is 0 Å². The van der Waals surface area contributed by atoms with Crippen LogP contribution in [0.3, 0.4) is 0 Å². The third-order valence-electron chi connectivity index (χ3n) is 5.15. The molecule has 2 amide bonds. The molecule has 4 rings (SSSR count). The van der Waals surface area contributed by atoms with Crippen molar-refractivity contribution in [3.8, 4) is 6.07 Å². The van der Waals surface area contributed by atoms with Crippen LogP contribution in [0.5, 0.6) is 0 Å². The van der Waals surface area contributed by atoms with Crippen LogP contribution < -0.4 is 4.90 Å². The minimum absolute atomic E-state index is 0.217. The zero-order valence-electron chi connectivity index (χ0n) is 14.0. The summed E-state index contributed by atoms with van der Waals surface area (Å²) in [6.45, 7) is 4.35. The number of hydrogen-bond donors (Lipinski definition) is 0. The van der Waals surface area contributed by atoms with Crippen LogP contribution >= 0.6 is 22.9 Å². The van der Waals surface area contributed by atoms with E-state index in [0.29, 0.717) is 41.5 Å². The number of hydrogen-bond acceptors (Lipinski definition) is 5. The van der Waals surface area contributed by atoms with E-state index >= 15 is 0 Å². The van der Waals surface area contributed by atoms with Gasteiger partial charge in [0.25, 0.3) is 0 Å². The van der Waals surface area contributed by atoms with E-state index in [2.05, 4.69) is 6.07 Å². The van der Waals surface area contributed by atoms with Crippen LogP contribution in [-0.4, -0.2) is 17.4 Å². The Labute approximate surface area is 154 Å². The van der Waals surface area contributed by atoms with Gasteiger partial charge < -0.3 is 4.74 Å². The van der Waals surface area contributed by atoms with Gasteiger partial charge in [0, 0.05) is 16.3 Å². The van der Waals surface area contributed by atoms with Crippen molar-refractivity contribution in [3.05, 3.63) is 27.1 Å². The summed E-state index contributed by atoms with van der Waals surface area (Å²) in [4.78, 5) is 27.9. The first-order valence-corrected chi connectivity index (χ1v) is 9.43. The molecule has 2 atom stereocenters. The van der Waals surface area contributed by atoms with Gasteiger partial charge in [0.1, 0.15) is 11.1 Å². The highest BCUT2D eigenvalue weighted by Gasteiger charge is 2.50. The number of ether oxygens (including phenoxy) is 1. The lowest BCUT2D eigenvalue weighted by molar-refractivity contribution is -0.122. The van der Waals surface area contributed by atoms with Crippen molar-refractivity contribution in [1.29, 1.82) is 5.26 Å². The van der Waals surface area contributed by atoms with Crippen LogP contribution in [0.4, 0.5) is 5.00 Å². The first-order chi connectivity index (χ1) is 11.8. The number of halogens is 1. The Kier molecular flexibility index (Phi) is 3.80. The van der Waals surface area contributed by atoms with Gasteiger partial charge in [0.15, 0.2) is 0 Å². The molecule has 1 aromatic rings. The summed E-state index contributed by atoms with van der Waals surface area (Å²) < 4.78 is 5.82. The fraction of sp³-hybridized carbons (Fsp3) is 0.500. The van der Waals surface area contributed by atoms with Crippen LogP contribution in [0.25, 0.3) is 0 Å². The maximum Gasteiger partial charge on any atom is 0.238 e. The molecule has 0 aromatic carbocycles. The Bertz CT molecular complexity index is 864. The average molecular weight is 377 g/mol. The lowest BCUT2D eigenvalue weighted by atomic mass is 9.85. The van der Waals surface area contributed by atoms with Gasteiger partial charge in [-0.15, -0.1) is 11.3 Å². The highest BCUT2D eigenvalue weighted by Crippen LogP contribution is 2.47. The fourth-order valence-electron chi connectivity index (χ4n) is 3.84. The minimum Gasteiger partial charge on any atom is -0.370 e. The van der Waals surface area contributed by atoms with E-state index in [-0.39, 0.29) is 23.3 Å². The topological polar surface area (TPSA) is 70.4 Å². The molecule has 1 aromatic heterocycles. The Hall–Kier alpha value is -1.68. The number of imide groups is 1. The number of nitriles is 1. The summed E-state index contributed by atoms with van der Waals surface area (Å²) in [6.07, 6.45) is 3.29. The summed E-state index contributed by atoms with van der Waals surface area (Å²) >= 11 is 7.40. The van der Waals surface area contributed by atoms with Gasteiger partial charge in [0.05, 0.1) is 29.6 Å². The smallest absolute Gasteiger partial charge is 0.238 e. The number of rotatable bonds is 1. The van der Waals surface area contributed by atoms with Gasteiger partial charge in [0.2, 0.25) is 11.8 Å². The molecule has 0 saturated carbocycles. The van der Waals surface area contributed by atoms with E-state index in [9.17, 15) is 14.9 Å². The SMILES string of the molecule is CC1(C)Cc2c(sc(N3C(=O)[C@H]4CC=C(Cl)C[C@@H]4C3=O)c2C#N)CO1. The predicted molar refractivity (Wildman–Crippen MR) is 94.2 cm³/mol. The van der Waals surface area contributed by atoms with Gasteiger partial charge in [-0.3, -0.25) is 9.59 Å². The van der Waals surface area contributed by atoms with Gasteiger partial charge in [-0.1, -0.05) is 17.7 Å². The van der Waals surface area contributed by atoms with Crippen LogP contribution in [0.1, 0.15) is 42.7 Å². The molecule has 1 aliphatic carbocycles. The summed E-state index contributed by atoms with van der Waals surface area (Å²) in [5, 5.41) is 10.8. The fourth-order valence-corrected chi connectivity index (χ4v) is 5.29. The van der Waals surface area contributed by atoms with Crippen LogP contribution in [0, 0.1) is 23.2 Å². The molecular weight excluding hydrogens is 360 g/mol. The number of allylic oxidation sites excluding steroid dienone is 2. The molecule has 0 bridgehead atoms. The maximum absolute atomic E-state index is 12.9. The van der Waals surface area contributed by atoms with Gasteiger partial charge in [-0.2, -0.15) is 5.26 Å². The lowest BCUT2D eigenvalue weighted by Crippen LogP contribution is -2.32. The summed E-state index contributed by atoms with van der Waals surface area (Å²) in [5.74, 6) is -1.24. The van der Waals surface area contributed by atoms with Crippen LogP contribution in [0.2, 0.25) is 0 Å². The molecule has 1 fully saturated rings. The van der Waals surface area contributed by atoms with E-state index in [1.807, 2.05) is 19.9 Å².